The molecule has 0 radical (unpaired) electrons. The highest BCUT2D eigenvalue weighted by Gasteiger charge is 2.21. The SMILES string of the molecule is COc1cccc(C2=C(OC(F)F)C=CC(Cc3ccc(CNC(=O)CO)cc3)N2)c1. The van der Waals surface area contributed by atoms with Gasteiger partial charge in [0.1, 0.15) is 18.1 Å². The summed E-state index contributed by atoms with van der Waals surface area (Å²) in [4.78, 5) is 11.1. The molecule has 0 fully saturated rings. The van der Waals surface area contributed by atoms with Gasteiger partial charge in [0.2, 0.25) is 5.91 Å². The molecule has 0 aromatic heterocycles. The van der Waals surface area contributed by atoms with Gasteiger partial charge in [-0.25, -0.2) is 0 Å². The highest BCUT2D eigenvalue weighted by molar-refractivity contribution is 5.76. The number of halogens is 2. The molecular formula is C23H24F2N2O4. The summed E-state index contributed by atoms with van der Waals surface area (Å²) in [6, 6.07) is 14.6. The molecule has 8 heteroatoms. The zero-order chi connectivity index (χ0) is 22.2. The first-order chi connectivity index (χ1) is 15.0. The van der Waals surface area contributed by atoms with Crippen molar-refractivity contribution < 1.29 is 28.2 Å². The minimum atomic E-state index is -2.93. The van der Waals surface area contributed by atoms with Crippen molar-refractivity contribution in [2.75, 3.05) is 13.7 Å². The van der Waals surface area contributed by atoms with Gasteiger partial charge in [-0.1, -0.05) is 42.5 Å². The van der Waals surface area contributed by atoms with Gasteiger partial charge in [-0.2, -0.15) is 8.78 Å². The Balaban J connectivity index is 1.72. The van der Waals surface area contributed by atoms with Gasteiger partial charge in [-0.15, -0.1) is 0 Å². The molecule has 0 aliphatic carbocycles. The van der Waals surface area contributed by atoms with Crippen LogP contribution in [0.5, 0.6) is 5.75 Å². The van der Waals surface area contributed by atoms with Crippen LogP contribution in [0.1, 0.15) is 16.7 Å². The van der Waals surface area contributed by atoms with Gasteiger partial charge in [0.25, 0.3) is 0 Å². The molecule has 1 atom stereocenters. The molecule has 2 aromatic carbocycles. The second-order valence-electron chi connectivity index (χ2n) is 6.92. The van der Waals surface area contributed by atoms with E-state index in [9.17, 15) is 13.6 Å². The fourth-order valence-electron chi connectivity index (χ4n) is 3.21. The molecule has 0 bridgehead atoms. The number of alkyl halides is 2. The second kappa shape index (κ2) is 10.6. The molecule has 2 aromatic rings. The average molecular weight is 430 g/mol. The predicted molar refractivity (Wildman–Crippen MR) is 112 cm³/mol. The van der Waals surface area contributed by atoms with Crippen LogP contribution >= 0.6 is 0 Å². The maximum absolute atomic E-state index is 12.9. The lowest BCUT2D eigenvalue weighted by Gasteiger charge is -2.25. The Labute approximate surface area is 179 Å². The monoisotopic (exact) mass is 430 g/mol. The third-order valence-corrected chi connectivity index (χ3v) is 4.74. The Morgan fingerprint density at radius 1 is 1.19 bits per heavy atom. The lowest BCUT2D eigenvalue weighted by Crippen LogP contribution is -2.32. The first-order valence-corrected chi connectivity index (χ1v) is 9.72. The number of amides is 1. The predicted octanol–water partition coefficient (Wildman–Crippen LogP) is 2.98. The van der Waals surface area contributed by atoms with E-state index in [2.05, 4.69) is 10.6 Å². The normalized spacial score (nSPS) is 15.6. The Kier molecular flexibility index (Phi) is 7.61. The van der Waals surface area contributed by atoms with Crippen LogP contribution in [0.3, 0.4) is 0 Å². The summed E-state index contributed by atoms with van der Waals surface area (Å²) in [5.74, 6) is 0.243. The standard InChI is InChI=1S/C23H24F2N2O4/c1-30-19-4-2-3-17(12-19)22-20(31-23(24)25)10-9-18(27-22)11-15-5-7-16(8-6-15)13-26-21(29)14-28/h2-10,12,18,23,27-28H,11,13-14H2,1H3,(H,26,29). The van der Waals surface area contributed by atoms with Crippen molar-refractivity contribution in [3.8, 4) is 5.75 Å². The Morgan fingerprint density at radius 2 is 1.94 bits per heavy atom. The van der Waals surface area contributed by atoms with Crippen molar-refractivity contribution in [1.82, 2.24) is 10.6 Å². The summed E-state index contributed by atoms with van der Waals surface area (Å²) in [5, 5.41) is 14.6. The first-order valence-electron chi connectivity index (χ1n) is 9.72. The smallest absolute Gasteiger partial charge is 0.387 e. The van der Waals surface area contributed by atoms with E-state index in [1.807, 2.05) is 24.3 Å². The molecule has 3 rings (SSSR count). The van der Waals surface area contributed by atoms with Crippen LogP contribution in [0, 0.1) is 0 Å². The quantitative estimate of drug-likeness (QED) is 0.570. The number of allylic oxidation sites excluding steroid dienone is 1. The van der Waals surface area contributed by atoms with Crippen LogP contribution in [0.4, 0.5) is 8.78 Å². The van der Waals surface area contributed by atoms with Crippen LogP contribution in [0.15, 0.2) is 66.4 Å². The van der Waals surface area contributed by atoms with Gasteiger partial charge < -0.3 is 25.2 Å². The van der Waals surface area contributed by atoms with Gasteiger partial charge in [-0.3, -0.25) is 4.79 Å². The molecule has 1 aliphatic heterocycles. The number of aliphatic hydroxyl groups is 1. The molecule has 0 spiro atoms. The maximum atomic E-state index is 12.9. The summed E-state index contributed by atoms with van der Waals surface area (Å²) in [6.45, 7) is -3.14. The van der Waals surface area contributed by atoms with E-state index in [4.69, 9.17) is 14.6 Å². The van der Waals surface area contributed by atoms with Crippen LogP contribution in [0.2, 0.25) is 0 Å². The van der Waals surface area contributed by atoms with Crippen molar-refractivity contribution >= 4 is 11.6 Å². The van der Waals surface area contributed by atoms with Gasteiger partial charge >= 0.3 is 6.61 Å². The summed E-state index contributed by atoms with van der Waals surface area (Å²) in [6.07, 6.45) is 3.97. The fourth-order valence-corrected chi connectivity index (χ4v) is 3.21. The number of carbonyl (C=O) groups is 1. The van der Waals surface area contributed by atoms with Crippen molar-refractivity contribution in [1.29, 1.82) is 0 Å². The van der Waals surface area contributed by atoms with Crippen LogP contribution in [-0.2, 0) is 22.5 Å². The lowest BCUT2D eigenvalue weighted by atomic mass is 9.99. The van der Waals surface area contributed by atoms with E-state index in [0.29, 0.717) is 30.0 Å². The number of dihydropyridines is 1. The zero-order valence-corrected chi connectivity index (χ0v) is 17.0. The lowest BCUT2D eigenvalue weighted by molar-refractivity contribution is -0.123. The minimum Gasteiger partial charge on any atom is -0.497 e. The number of nitrogens with one attached hydrogen (secondary N) is 2. The molecule has 164 valence electrons. The fraction of sp³-hybridized carbons (Fsp3) is 0.261. The van der Waals surface area contributed by atoms with E-state index in [-0.39, 0.29) is 11.8 Å². The summed E-state index contributed by atoms with van der Waals surface area (Å²) < 4.78 is 35.7. The molecule has 1 aliphatic rings. The molecule has 0 saturated carbocycles. The third-order valence-electron chi connectivity index (χ3n) is 4.74. The number of carbonyl (C=O) groups excluding carboxylic acids is 1. The van der Waals surface area contributed by atoms with E-state index in [1.165, 1.54) is 0 Å². The zero-order valence-electron chi connectivity index (χ0n) is 17.0. The van der Waals surface area contributed by atoms with Gasteiger partial charge in [0.05, 0.1) is 12.8 Å². The van der Waals surface area contributed by atoms with Gasteiger partial charge in [0, 0.05) is 18.2 Å². The Bertz CT molecular complexity index is 958. The number of benzene rings is 2. The summed E-state index contributed by atoms with van der Waals surface area (Å²) >= 11 is 0. The van der Waals surface area contributed by atoms with Crippen molar-refractivity contribution in [2.24, 2.45) is 0 Å². The van der Waals surface area contributed by atoms with Crippen molar-refractivity contribution in [3.05, 3.63) is 83.1 Å². The topological polar surface area (TPSA) is 79.8 Å². The van der Waals surface area contributed by atoms with Crippen LogP contribution in [-0.4, -0.2) is 37.4 Å². The van der Waals surface area contributed by atoms with E-state index in [1.54, 1.807) is 43.5 Å². The van der Waals surface area contributed by atoms with Crippen molar-refractivity contribution in [2.45, 2.75) is 25.6 Å². The molecule has 1 unspecified atom stereocenters. The summed E-state index contributed by atoms with van der Waals surface area (Å²) in [5.41, 5.74) is 3.08. The Hall–Kier alpha value is -3.39. The number of hydrogen-bond acceptors (Lipinski definition) is 5. The summed E-state index contributed by atoms with van der Waals surface area (Å²) in [7, 11) is 1.54. The minimum absolute atomic E-state index is 0.0643. The largest absolute Gasteiger partial charge is 0.497 e. The number of methoxy groups -OCH3 is 1. The van der Waals surface area contributed by atoms with Gasteiger partial charge in [0.15, 0.2) is 0 Å². The number of aliphatic hydroxyl groups excluding tert-OH is 1. The van der Waals surface area contributed by atoms with Crippen molar-refractivity contribution in [3.63, 3.8) is 0 Å². The molecule has 1 amide bonds. The number of hydrogen-bond donors (Lipinski definition) is 3. The number of rotatable bonds is 9. The number of ether oxygens (including phenoxy) is 2. The molecule has 31 heavy (non-hydrogen) atoms. The average Bonchev–Trinajstić information content (AvgIpc) is 2.79. The molecule has 3 N–H and O–H groups in total. The van der Waals surface area contributed by atoms with E-state index in [0.717, 1.165) is 11.1 Å². The Morgan fingerprint density at radius 3 is 2.61 bits per heavy atom. The molecule has 6 nitrogen and oxygen atoms in total. The van der Waals surface area contributed by atoms with Crippen LogP contribution < -0.4 is 15.4 Å². The maximum Gasteiger partial charge on any atom is 0.387 e. The molecular weight excluding hydrogens is 406 g/mol. The van der Waals surface area contributed by atoms with E-state index >= 15 is 0 Å². The molecule has 0 saturated heterocycles. The third kappa shape index (κ3) is 6.29. The second-order valence-corrected chi connectivity index (χ2v) is 6.92. The van der Waals surface area contributed by atoms with Crippen LogP contribution in [0.25, 0.3) is 5.70 Å². The van der Waals surface area contributed by atoms with E-state index < -0.39 is 19.1 Å². The highest BCUT2D eigenvalue weighted by Crippen LogP contribution is 2.27. The van der Waals surface area contributed by atoms with Gasteiger partial charge in [-0.05, 0) is 35.8 Å². The first kappa shape index (κ1) is 22.3. The highest BCUT2D eigenvalue weighted by atomic mass is 19.3. The molecule has 1 heterocycles.